The molecule has 20 heavy (non-hydrogen) atoms. The molecule has 0 saturated heterocycles. The Morgan fingerprint density at radius 3 is 1.50 bits per heavy atom. The number of hydrogen-bond donors (Lipinski definition) is 3. The number of rotatable bonds is 10. The van der Waals surface area contributed by atoms with Crippen molar-refractivity contribution in [3.63, 3.8) is 0 Å². The second-order valence-corrected chi connectivity index (χ2v) is 4.27. The van der Waals surface area contributed by atoms with Gasteiger partial charge >= 0.3 is 17.9 Å². The van der Waals surface area contributed by atoms with Gasteiger partial charge < -0.3 is 15.3 Å². The van der Waals surface area contributed by atoms with Crippen molar-refractivity contribution in [3.8, 4) is 0 Å². The molecule has 0 bridgehead atoms. The molecule has 0 radical (unpaired) electrons. The van der Waals surface area contributed by atoms with Crippen molar-refractivity contribution in [2.75, 3.05) is 0 Å². The molecule has 0 heterocycles. The Kier molecular flexibility index (Phi) is 15.6. The summed E-state index contributed by atoms with van der Waals surface area (Å²) in [7, 11) is 0. The second-order valence-electron chi connectivity index (χ2n) is 4.27. The van der Waals surface area contributed by atoms with Crippen LogP contribution in [0, 0.1) is 0 Å². The van der Waals surface area contributed by atoms with Crippen LogP contribution in [0.3, 0.4) is 0 Å². The zero-order valence-electron chi connectivity index (χ0n) is 11.9. The molecule has 3 N–H and O–H groups in total. The molecule has 0 rings (SSSR count). The summed E-state index contributed by atoms with van der Waals surface area (Å²) in [4.78, 5) is 29.2. The van der Waals surface area contributed by atoms with E-state index in [-0.39, 0.29) is 0 Å². The van der Waals surface area contributed by atoms with E-state index in [0.29, 0.717) is 18.6 Å². The lowest BCUT2D eigenvalue weighted by atomic mass is 10.1. The Morgan fingerprint density at radius 1 is 0.750 bits per heavy atom. The van der Waals surface area contributed by atoms with Crippen LogP contribution in [0.1, 0.15) is 58.3 Å². The predicted molar refractivity (Wildman–Crippen MR) is 74.7 cm³/mol. The van der Waals surface area contributed by atoms with Crippen LogP contribution in [0.5, 0.6) is 0 Å². The fourth-order valence-electron chi connectivity index (χ4n) is 1.38. The van der Waals surface area contributed by atoms with Crippen molar-refractivity contribution in [2.24, 2.45) is 0 Å². The average Bonchev–Trinajstić information content (AvgIpc) is 2.36. The molecule has 0 aliphatic carbocycles. The fourth-order valence-corrected chi connectivity index (χ4v) is 1.38. The highest BCUT2D eigenvalue weighted by molar-refractivity contribution is 5.89. The second kappa shape index (κ2) is 15.2. The molecule has 0 aliphatic rings. The molecule has 116 valence electrons. The summed E-state index contributed by atoms with van der Waals surface area (Å²) in [5, 5.41) is 24.0. The summed E-state index contributed by atoms with van der Waals surface area (Å²) in [6.07, 6.45) is 9.76. The SMILES string of the molecule is CCCCCCCCCC(=O)O.O=C(O)/C=C/C(=O)O. The van der Waals surface area contributed by atoms with Crippen LogP contribution in [0.15, 0.2) is 12.2 Å². The Hall–Kier alpha value is -1.85. The monoisotopic (exact) mass is 288 g/mol. The molecular formula is C14H24O6. The van der Waals surface area contributed by atoms with Crippen LogP contribution in [-0.4, -0.2) is 33.2 Å². The maximum Gasteiger partial charge on any atom is 0.328 e. The van der Waals surface area contributed by atoms with E-state index in [1.165, 1.54) is 32.1 Å². The first kappa shape index (κ1) is 20.5. The molecule has 6 nitrogen and oxygen atoms in total. The maximum absolute atomic E-state index is 10.1. The average molecular weight is 288 g/mol. The van der Waals surface area contributed by atoms with Gasteiger partial charge in [0.15, 0.2) is 0 Å². The molecule has 6 heteroatoms. The lowest BCUT2D eigenvalue weighted by molar-refractivity contribution is -0.137. The third-order valence-corrected chi connectivity index (χ3v) is 2.36. The zero-order valence-corrected chi connectivity index (χ0v) is 11.9. The third-order valence-electron chi connectivity index (χ3n) is 2.36. The summed E-state index contributed by atoms with van der Waals surface area (Å²) < 4.78 is 0. The highest BCUT2D eigenvalue weighted by Crippen LogP contribution is 2.07. The van der Waals surface area contributed by atoms with Crippen LogP contribution in [0.25, 0.3) is 0 Å². The first-order valence-electron chi connectivity index (χ1n) is 6.75. The summed E-state index contributed by atoms with van der Waals surface area (Å²) in [5.74, 6) is -3.18. The summed E-state index contributed by atoms with van der Waals surface area (Å²) in [6, 6.07) is 0. The van der Waals surface area contributed by atoms with Gasteiger partial charge in [-0.15, -0.1) is 0 Å². The Bertz CT molecular complexity index is 293. The normalized spacial score (nSPS) is 9.85. The Morgan fingerprint density at radius 2 is 1.15 bits per heavy atom. The van der Waals surface area contributed by atoms with Crippen molar-refractivity contribution in [2.45, 2.75) is 58.3 Å². The van der Waals surface area contributed by atoms with E-state index in [1.807, 2.05) is 0 Å². The van der Waals surface area contributed by atoms with Crippen LogP contribution in [0.4, 0.5) is 0 Å². The van der Waals surface area contributed by atoms with E-state index in [1.54, 1.807) is 0 Å². The van der Waals surface area contributed by atoms with E-state index in [2.05, 4.69) is 6.92 Å². The smallest absolute Gasteiger partial charge is 0.328 e. The van der Waals surface area contributed by atoms with Crippen molar-refractivity contribution in [1.82, 2.24) is 0 Å². The van der Waals surface area contributed by atoms with E-state index < -0.39 is 17.9 Å². The van der Waals surface area contributed by atoms with Gasteiger partial charge in [0.1, 0.15) is 0 Å². The lowest BCUT2D eigenvalue weighted by Gasteiger charge is -1.98. The van der Waals surface area contributed by atoms with Gasteiger partial charge in [-0.2, -0.15) is 0 Å². The van der Waals surface area contributed by atoms with Gasteiger partial charge in [0, 0.05) is 18.6 Å². The molecule has 0 atom stereocenters. The first-order valence-corrected chi connectivity index (χ1v) is 6.75. The maximum atomic E-state index is 10.1. The minimum Gasteiger partial charge on any atom is -0.481 e. The zero-order chi connectivity index (χ0) is 15.8. The predicted octanol–water partition coefficient (Wildman–Crippen LogP) is 2.92. The van der Waals surface area contributed by atoms with Crippen LogP contribution in [0.2, 0.25) is 0 Å². The van der Waals surface area contributed by atoms with E-state index in [9.17, 15) is 14.4 Å². The summed E-state index contributed by atoms with van der Waals surface area (Å²) >= 11 is 0. The highest BCUT2D eigenvalue weighted by atomic mass is 16.4. The number of carboxylic acids is 3. The van der Waals surface area contributed by atoms with Gasteiger partial charge in [-0.3, -0.25) is 4.79 Å². The van der Waals surface area contributed by atoms with Crippen molar-refractivity contribution < 1.29 is 29.7 Å². The molecule has 0 spiro atoms. The van der Waals surface area contributed by atoms with Gasteiger partial charge in [-0.05, 0) is 6.42 Å². The van der Waals surface area contributed by atoms with Crippen LogP contribution < -0.4 is 0 Å². The number of carbonyl (C=O) groups is 3. The molecule has 0 aromatic heterocycles. The molecule has 0 fully saturated rings. The van der Waals surface area contributed by atoms with E-state index in [4.69, 9.17) is 15.3 Å². The van der Waals surface area contributed by atoms with Gasteiger partial charge in [0.2, 0.25) is 0 Å². The van der Waals surface area contributed by atoms with Crippen molar-refractivity contribution >= 4 is 17.9 Å². The number of carboxylic acid groups (broad SMARTS) is 3. The highest BCUT2D eigenvalue weighted by Gasteiger charge is 1.95. The number of aliphatic carboxylic acids is 3. The van der Waals surface area contributed by atoms with E-state index >= 15 is 0 Å². The van der Waals surface area contributed by atoms with E-state index in [0.717, 1.165) is 12.8 Å². The lowest BCUT2D eigenvalue weighted by Crippen LogP contribution is -1.93. The Balaban J connectivity index is 0. The molecule has 0 aliphatic heterocycles. The van der Waals surface area contributed by atoms with Gasteiger partial charge in [0.05, 0.1) is 0 Å². The van der Waals surface area contributed by atoms with Crippen molar-refractivity contribution in [1.29, 1.82) is 0 Å². The quantitative estimate of drug-likeness (QED) is 0.421. The Labute approximate surface area is 119 Å². The molecule has 0 aromatic carbocycles. The van der Waals surface area contributed by atoms with Gasteiger partial charge in [-0.1, -0.05) is 45.4 Å². The molecule has 0 saturated carbocycles. The third kappa shape index (κ3) is 25.1. The minimum atomic E-state index is -1.26. The molecular weight excluding hydrogens is 264 g/mol. The number of hydrogen-bond acceptors (Lipinski definition) is 3. The van der Waals surface area contributed by atoms with Crippen molar-refractivity contribution in [3.05, 3.63) is 12.2 Å². The fraction of sp³-hybridized carbons (Fsp3) is 0.643. The molecule has 0 amide bonds. The van der Waals surface area contributed by atoms with Crippen LogP contribution in [-0.2, 0) is 14.4 Å². The van der Waals surface area contributed by atoms with Gasteiger partial charge in [-0.25, -0.2) is 9.59 Å². The summed E-state index contributed by atoms with van der Waals surface area (Å²) in [5.41, 5.74) is 0. The summed E-state index contributed by atoms with van der Waals surface area (Å²) in [6.45, 7) is 2.20. The first-order chi connectivity index (χ1) is 9.40. The van der Waals surface area contributed by atoms with Crippen LogP contribution >= 0.6 is 0 Å². The topological polar surface area (TPSA) is 112 Å². The van der Waals surface area contributed by atoms with Gasteiger partial charge in [0.25, 0.3) is 0 Å². The number of unbranched alkanes of at least 4 members (excludes halogenated alkanes) is 6. The molecule has 0 aromatic rings. The minimum absolute atomic E-state index is 0.341. The largest absolute Gasteiger partial charge is 0.481 e. The standard InChI is InChI=1S/C10H20O2.C4H4O4/c1-2-3-4-5-6-7-8-9-10(11)12;5-3(6)1-2-4(7)8/h2-9H2,1H3,(H,11,12);1-2H,(H,5,6)(H,7,8)/b;2-1+. The molecule has 0 unspecified atom stereocenters.